The number of hydrogen-bond donors (Lipinski definition) is 1. The SMILES string of the molecule is Cc1ccc(-c2cc(NC(=O)c3oc4cc(C)cc(C)c4c3C)on2)cc1. The summed E-state index contributed by atoms with van der Waals surface area (Å²) in [4.78, 5) is 12.7. The Balaban J connectivity index is 1.61. The molecule has 0 fully saturated rings. The van der Waals surface area contributed by atoms with Crippen LogP contribution >= 0.6 is 0 Å². The molecule has 4 aromatic rings. The Morgan fingerprint density at radius 3 is 2.44 bits per heavy atom. The predicted molar refractivity (Wildman–Crippen MR) is 105 cm³/mol. The van der Waals surface area contributed by atoms with Crippen LogP contribution in [0.3, 0.4) is 0 Å². The molecule has 0 aliphatic rings. The van der Waals surface area contributed by atoms with Gasteiger partial charge in [0, 0.05) is 22.6 Å². The number of furan rings is 1. The van der Waals surface area contributed by atoms with Crippen molar-refractivity contribution < 1.29 is 13.7 Å². The first kappa shape index (κ1) is 17.1. The summed E-state index contributed by atoms with van der Waals surface area (Å²) in [5.41, 5.74) is 6.48. The molecular formula is C22H20N2O3. The summed E-state index contributed by atoms with van der Waals surface area (Å²) >= 11 is 0. The fourth-order valence-corrected chi connectivity index (χ4v) is 3.37. The standard InChI is InChI=1S/C22H20N2O3/c1-12-5-7-16(8-6-12)17-11-19(27-24-17)23-22(25)21-15(4)20-14(3)9-13(2)10-18(20)26-21/h5-11H,1-4H3,(H,23,25). The average molecular weight is 360 g/mol. The minimum absolute atomic E-state index is 0.281. The second kappa shape index (κ2) is 6.43. The van der Waals surface area contributed by atoms with E-state index in [0.717, 1.165) is 27.6 Å². The topological polar surface area (TPSA) is 68.3 Å². The molecule has 1 N–H and O–H groups in total. The van der Waals surface area contributed by atoms with Gasteiger partial charge in [-0.05, 0) is 44.9 Å². The van der Waals surface area contributed by atoms with Gasteiger partial charge in [-0.25, -0.2) is 0 Å². The summed E-state index contributed by atoms with van der Waals surface area (Å²) in [5.74, 6) is 0.211. The third-order valence-corrected chi connectivity index (χ3v) is 4.67. The second-order valence-electron chi connectivity index (χ2n) is 6.91. The van der Waals surface area contributed by atoms with Crippen molar-refractivity contribution in [2.45, 2.75) is 27.7 Å². The van der Waals surface area contributed by atoms with Crippen LogP contribution in [0, 0.1) is 27.7 Å². The van der Waals surface area contributed by atoms with Crippen LogP contribution in [0.4, 0.5) is 5.88 Å². The molecule has 2 aromatic carbocycles. The maximum atomic E-state index is 12.7. The number of anilines is 1. The normalized spacial score (nSPS) is 11.1. The zero-order chi connectivity index (χ0) is 19.1. The molecule has 0 aliphatic carbocycles. The number of aryl methyl sites for hydroxylation is 4. The van der Waals surface area contributed by atoms with Crippen molar-refractivity contribution in [3.63, 3.8) is 0 Å². The van der Waals surface area contributed by atoms with E-state index in [-0.39, 0.29) is 17.6 Å². The van der Waals surface area contributed by atoms with Crippen molar-refractivity contribution in [3.05, 3.63) is 70.5 Å². The van der Waals surface area contributed by atoms with Gasteiger partial charge in [-0.3, -0.25) is 10.1 Å². The maximum Gasteiger partial charge on any atom is 0.294 e. The van der Waals surface area contributed by atoms with Crippen molar-refractivity contribution in [3.8, 4) is 11.3 Å². The third kappa shape index (κ3) is 3.12. The number of carbonyl (C=O) groups is 1. The molecule has 5 nitrogen and oxygen atoms in total. The first-order valence-corrected chi connectivity index (χ1v) is 8.78. The number of fused-ring (bicyclic) bond motifs is 1. The van der Waals surface area contributed by atoms with E-state index in [1.165, 1.54) is 5.56 Å². The summed E-state index contributed by atoms with van der Waals surface area (Å²) in [5, 5.41) is 7.74. The Morgan fingerprint density at radius 2 is 1.70 bits per heavy atom. The molecule has 2 heterocycles. The van der Waals surface area contributed by atoms with Crippen LogP contribution in [0.5, 0.6) is 0 Å². The molecule has 0 spiro atoms. The van der Waals surface area contributed by atoms with Gasteiger partial charge in [-0.2, -0.15) is 0 Å². The summed E-state index contributed by atoms with van der Waals surface area (Å²) in [6.45, 7) is 7.94. The van der Waals surface area contributed by atoms with E-state index < -0.39 is 0 Å². The van der Waals surface area contributed by atoms with Crippen molar-refractivity contribution >= 4 is 22.8 Å². The number of benzene rings is 2. The number of amides is 1. The van der Waals surface area contributed by atoms with E-state index in [2.05, 4.69) is 16.5 Å². The number of hydrogen-bond acceptors (Lipinski definition) is 4. The minimum atomic E-state index is -0.354. The molecule has 4 rings (SSSR count). The Hall–Kier alpha value is -3.34. The molecule has 0 unspecified atom stereocenters. The van der Waals surface area contributed by atoms with Gasteiger partial charge in [0.2, 0.25) is 5.88 Å². The molecule has 27 heavy (non-hydrogen) atoms. The van der Waals surface area contributed by atoms with E-state index in [1.54, 1.807) is 6.07 Å². The molecule has 136 valence electrons. The molecule has 0 atom stereocenters. The second-order valence-corrected chi connectivity index (χ2v) is 6.91. The van der Waals surface area contributed by atoms with Crippen LogP contribution in [0.1, 0.15) is 32.8 Å². The van der Waals surface area contributed by atoms with Crippen molar-refractivity contribution in [1.29, 1.82) is 0 Å². The van der Waals surface area contributed by atoms with E-state index in [4.69, 9.17) is 8.94 Å². The highest BCUT2D eigenvalue weighted by atomic mass is 16.5. The van der Waals surface area contributed by atoms with Gasteiger partial charge >= 0.3 is 0 Å². The van der Waals surface area contributed by atoms with Crippen LogP contribution in [0.15, 0.2) is 51.4 Å². The van der Waals surface area contributed by atoms with Crippen molar-refractivity contribution in [2.75, 3.05) is 5.32 Å². The lowest BCUT2D eigenvalue weighted by Gasteiger charge is -1.99. The number of nitrogens with zero attached hydrogens (tertiary/aromatic N) is 1. The van der Waals surface area contributed by atoms with Crippen LogP contribution in [-0.2, 0) is 0 Å². The molecule has 2 aromatic heterocycles. The lowest BCUT2D eigenvalue weighted by atomic mass is 10.0. The number of rotatable bonds is 3. The minimum Gasteiger partial charge on any atom is -0.451 e. The first-order chi connectivity index (χ1) is 12.9. The molecule has 0 saturated carbocycles. The molecule has 0 radical (unpaired) electrons. The third-order valence-electron chi connectivity index (χ3n) is 4.67. The molecule has 0 bridgehead atoms. The monoisotopic (exact) mass is 360 g/mol. The predicted octanol–water partition coefficient (Wildman–Crippen LogP) is 5.57. The van der Waals surface area contributed by atoms with Crippen LogP contribution < -0.4 is 5.32 Å². The Kier molecular flexibility index (Phi) is 4.07. The van der Waals surface area contributed by atoms with Gasteiger partial charge < -0.3 is 8.94 Å². The molecule has 1 amide bonds. The fraction of sp³-hybridized carbons (Fsp3) is 0.182. The van der Waals surface area contributed by atoms with Crippen LogP contribution in [0.25, 0.3) is 22.2 Å². The van der Waals surface area contributed by atoms with Gasteiger partial charge in [-0.15, -0.1) is 0 Å². The van der Waals surface area contributed by atoms with E-state index >= 15 is 0 Å². The van der Waals surface area contributed by atoms with E-state index in [0.29, 0.717) is 11.3 Å². The zero-order valence-corrected chi connectivity index (χ0v) is 15.7. The highest BCUT2D eigenvalue weighted by Crippen LogP contribution is 2.30. The first-order valence-electron chi connectivity index (χ1n) is 8.78. The van der Waals surface area contributed by atoms with Gasteiger partial charge in [-0.1, -0.05) is 41.1 Å². The van der Waals surface area contributed by atoms with E-state index in [9.17, 15) is 4.79 Å². The van der Waals surface area contributed by atoms with Crippen LogP contribution in [-0.4, -0.2) is 11.1 Å². The quantitative estimate of drug-likeness (QED) is 0.518. The van der Waals surface area contributed by atoms with Crippen molar-refractivity contribution in [2.24, 2.45) is 0 Å². The fourth-order valence-electron chi connectivity index (χ4n) is 3.37. The smallest absolute Gasteiger partial charge is 0.294 e. The Bertz CT molecular complexity index is 1150. The van der Waals surface area contributed by atoms with Gasteiger partial charge in [0.15, 0.2) is 5.76 Å². The van der Waals surface area contributed by atoms with Gasteiger partial charge in [0.1, 0.15) is 11.3 Å². The van der Waals surface area contributed by atoms with Crippen LogP contribution in [0.2, 0.25) is 0 Å². The zero-order valence-electron chi connectivity index (χ0n) is 15.7. The highest BCUT2D eigenvalue weighted by Gasteiger charge is 2.20. The molecule has 5 heteroatoms. The molecular weight excluding hydrogens is 340 g/mol. The number of aromatic nitrogens is 1. The Labute approximate surface area is 157 Å². The van der Waals surface area contributed by atoms with Gasteiger partial charge in [0.05, 0.1) is 0 Å². The summed E-state index contributed by atoms with van der Waals surface area (Å²) in [6, 6.07) is 13.7. The lowest BCUT2D eigenvalue weighted by Crippen LogP contribution is -2.11. The maximum absolute atomic E-state index is 12.7. The average Bonchev–Trinajstić information content (AvgIpc) is 3.20. The molecule has 0 aliphatic heterocycles. The lowest BCUT2D eigenvalue weighted by molar-refractivity contribution is 0.0994. The summed E-state index contributed by atoms with van der Waals surface area (Å²) < 4.78 is 11.1. The van der Waals surface area contributed by atoms with Crippen molar-refractivity contribution in [1.82, 2.24) is 5.16 Å². The largest absolute Gasteiger partial charge is 0.451 e. The summed E-state index contributed by atoms with van der Waals surface area (Å²) in [6.07, 6.45) is 0. The number of carbonyl (C=O) groups excluding carboxylic acids is 1. The molecule has 0 saturated heterocycles. The number of nitrogens with one attached hydrogen (secondary N) is 1. The highest BCUT2D eigenvalue weighted by molar-refractivity contribution is 6.06. The van der Waals surface area contributed by atoms with E-state index in [1.807, 2.05) is 58.0 Å². The van der Waals surface area contributed by atoms with Gasteiger partial charge in [0.25, 0.3) is 5.91 Å². The summed E-state index contributed by atoms with van der Waals surface area (Å²) in [7, 11) is 0. The Morgan fingerprint density at radius 1 is 0.963 bits per heavy atom.